The van der Waals surface area contributed by atoms with E-state index in [2.05, 4.69) is 37.9 Å². The molecule has 0 aliphatic heterocycles. The van der Waals surface area contributed by atoms with Crippen molar-refractivity contribution in [2.45, 2.75) is 6.92 Å². The fourth-order valence-corrected chi connectivity index (χ4v) is 1.03. The maximum Gasteiger partial charge on any atom is -0.0450 e. The quantitative estimate of drug-likeness (QED) is 0.478. The predicted molar refractivity (Wildman–Crippen MR) is 45.6 cm³/mol. The lowest BCUT2D eigenvalue weighted by molar-refractivity contribution is 1.78. The molecule has 0 aromatic carbocycles. The first kappa shape index (κ1) is 8.04. The van der Waals surface area contributed by atoms with E-state index >= 15 is 0 Å². The molecule has 0 heterocycles. The predicted octanol–water partition coefficient (Wildman–Crippen LogP) is 2.27. The van der Waals surface area contributed by atoms with Crippen LogP contribution < -0.4 is 0 Å². The highest BCUT2D eigenvalue weighted by atomic mass is 31.2. The Bertz CT molecular complexity index is 117. The molecule has 8 heavy (non-hydrogen) atoms. The highest BCUT2D eigenvalue weighted by molar-refractivity contribution is 7.73. The van der Waals surface area contributed by atoms with E-state index in [-0.39, 0.29) is 0 Å². The Balaban J connectivity index is 3.96. The van der Waals surface area contributed by atoms with Crippen LogP contribution in [-0.2, 0) is 0 Å². The molecule has 0 rings (SSSR count). The molecule has 0 saturated carbocycles. The van der Waals surface area contributed by atoms with E-state index in [0.717, 1.165) is 0 Å². The molecule has 0 fully saturated rings. The van der Waals surface area contributed by atoms with Crippen molar-refractivity contribution < 1.29 is 0 Å². The van der Waals surface area contributed by atoms with E-state index in [1.807, 2.05) is 6.92 Å². The highest BCUT2D eigenvalue weighted by Crippen LogP contribution is 2.31. The smallest absolute Gasteiger partial charge is 0.0450 e. The number of hydrogen-bond donors (Lipinski definition) is 0. The molecule has 0 N–H and O–H groups in total. The van der Waals surface area contributed by atoms with Gasteiger partial charge in [-0.1, -0.05) is 17.9 Å². The molecular formula is C7H15P. The Kier molecular flexibility index (Phi) is 3.16. The Morgan fingerprint density at radius 1 is 1.12 bits per heavy atom. The van der Waals surface area contributed by atoms with Crippen LogP contribution in [0.5, 0.6) is 0 Å². The van der Waals surface area contributed by atoms with Gasteiger partial charge < -0.3 is 0 Å². The van der Waals surface area contributed by atoms with Crippen LogP contribution >= 0.6 is 6.89 Å². The van der Waals surface area contributed by atoms with Crippen molar-refractivity contribution in [1.29, 1.82) is 0 Å². The van der Waals surface area contributed by atoms with Gasteiger partial charge in [-0.25, -0.2) is 0 Å². The number of rotatable bonds is 1. The molecule has 0 amide bonds. The molecule has 0 aliphatic carbocycles. The van der Waals surface area contributed by atoms with E-state index in [4.69, 9.17) is 0 Å². The highest BCUT2D eigenvalue weighted by Gasteiger charge is 1.86. The number of allylic oxidation sites excluding steroid dienone is 2. The summed E-state index contributed by atoms with van der Waals surface area (Å²) < 4.78 is 0. The van der Waals surface area contributed by atoms with Crippen LogP contribution in [0.1, 0.15) is 6.92 Å². The van der Waals surface area contributed by atoms with Crippen LogP contribution in [0.2, 0.25) is 0 Å². The van der Waals surface area contributed by atoms with E-state index in [9.17, 15) is 0 Å². The van der Waals surface area contributed by atoms with E-state index < -0.39 is 6.89 Å². The van der Waals surface area contributed by atoms with Crippen LogP contribution in [0, 0.1) is 0 Å². The summed E-state index contributed by atoms with van der Waals surface area (Å²) in [4.78, 5) is 0. The minimum absolute atomic E-state index is 0.644. The maximum atomic E-state index is 2.30. The second kappa shape index (κ2) is 3.14. The molecular weight excluding hydrogens is 115 g/mol. The van der Waals surface area contributed by atoms with Gasteiger partial charge in [0.15, 0.2) is 0 Å². The SMILES string of the molecule is C/C=C/C=P(C)(C)C. The van der Waals surface area contributed by atoms with Crippen molar-refractivity contribution in [2.75, 3.05) is 20.0 Å². The molecule has 0 aliphatic rings. The van der Waals surface area contributed by atoms with Gasteiger partial charge in [-0.3, -0.25) is 0 Å². The largest absolute Gasteiger partial charge is 0.114 e. The van der Waals surface area contributed by atoms with Crippen molar-refractivity contribution >= 4 is 12.7 Å². The van der Waals surface area contributed by atoms with E-state index in [0.29, 0.717) is 0 Å². The molecule has 48 valence electrons. The van der Waals surface area contributed by atoms with Crippen molar-refractivity contribution in [2.24, 2.45) is 0 Å². The zero-order valence-electron chi connectivity index (χ0n) is 6.18. The third kappa shape index (κ3) is 6.04. The third-order valence-corrected chi connectivity index (χ3v) is 1.79. The third-order valence-electron chi connectivity index (χ3n) is 0.726. The van der Waals surface area contributed by atoms with E-state index in [1.165, 1.54) is 0 Å². The van der Waals surface area contributed by atoms with Crippen LogP contribution in [0.25, 0.3) is 0 Å². The van der Waals surface area contributed by atoms with Crippen LogP contribution in [0.15, 0.2) is 12.2 Å². The molecule has 0 spiro atoms. The normalized spacial score (nSPS) is 12.5. The lowest BCUT2D eigenvalue weighted by Gasteiger charge is -2.01. The van der Waals surface area contributed by atoms with Gasteiger partial charge in [-0.15, -0.1) is 6.89 Å². The van der Waals surface area contributed by atoms with Crippen molar-refractivity contribution in [3.8, 4) is 0 Å². The molecule has 0 saturated heterocycles. The van der Waals surface area contributed by atoms with Crippen LogP contribution in [0.3, 0.4) is 0 Å². The first-order chi connectivity index (χ1) is 3.56. The summed E-state index contributed by atoms with van der Waals surface area (Å²) >= 11 is 0. The summed E-state index contributed by atoms with van der Waals surface area (Å²) in [5.74, 6) is 2.30. The molecule has 0 atom stereocenters. The Hall–Kier alpha value is 0.0400. The fraction of sp³-hybridized carbons (Fsp3) is 0.571. The van der Waals surface area contributed by atoms with Crippen molar-refractivity contribution in [3.63, 3.8) is 0 Å². The molecule has 1 heteroatoms. The standard InChI is InChI=1S/C7H15P/c1-5-6-7-8(2,3)4/h5-7H,1-4H3/b6-5+. The van der Waals surface area contributed by atoms with Gasteiger partial charge >= 0.3 is 0 Å². The lowest BCUT2D eigenvalue weighted by Crippen LogP contribution is -1.73. The van der Waals surface area contributed by atoms with Gasteiger partial charge in [0.1, 0.15) is 0 Å². The zero-order chi connectivity index (χ0) is 6.62. The van der Waals surface area contributed by atoms with Crippen LogP contribution in [0.4, 0.5) is 0 Å². The summed E-state index contributed by atoms with van der Waals surface area (Å²) in [7, 11) is 0. The zero-order valence-corrected chi connectivity index (χ0v) is 7.07. The number of hydrogen-bond acceptors (Lipinski definition) is 0. The van der Waals surface area contributed by atoms with Gasteiger partial charge in [-0.05, 0) is 26.9 Å². The van der Waals surface area contributed by atoms with Gasteiger partial charge in [0.2, 0.25) is 0 Å². The molecule has 0 aromatic rings. The summed E-state index contributed by atoms with van der Waals surface area (Å²) in [6.07, 6.45) is 4.21. The summed E-state index contributed by atoms with van der Waals surface area (Å²) in [6, 6.07) is 0. The first-order valence-electron chi connectivity index (χ1n) is 2.84. The maximum absolute atomic E-state index is 2.30. The summed E-state index contributed by atoms with van der Waals surface area (Å²) in [5, 5.41) is 0. The van der Waals surface area contributed by atoms with Crippen molar-refractivity contribution in [3.05, 3.63) is 12.2 Å². The van der Waals surface area contributed by atoms with Gasteiger partial charge in [0.05, 0.1) is 0 Å². The minimum atomic E-state index is -0.644. The molecule has 0 unspecified atom stereocenters. The summed E-state index contributed by atoms with van der Waals surface area (Å²) in [6.45, 7) is 8.30. The van der Waals surface area contributed by atoms with Crippen molar-refractivity contribution in [1.82, 2.24) is 0 Å². The molecule has 0 nitrogen and oxygen atoms in total. The molecule has 0 aromatic heterocycles. The minimum Gasteiger partial charge on any atom is -0.114 e. The molecule has 0 bridgehead atoms. The first-order valence-corrected chi connectivity index (χ1v) is 6.04. The topological polar surface area (TPSA) is 0 Å². The second-order valence-electron chi connectivity index (χ2n) is 2.79. The average Bonchev–Trinajstić information content (AvgIpc) is 1.59. The van der Waals surface area contributed by atoms with E-state index in [1.54, 1.807) is 0 Å². The molecule has 0 radical (unpaired) electrons. The average molecular weight is 130 g/mol. The van der Waals surface area contributed by atoms with Crippen LogP contribution in [-0.4, -0.2) is 25.8 Å². The van der Waals surface area contributed by atoms with Gasteiger partial charge in [0.25, 0.3) is 0 Å². The Morgan fingerprint density at radius 3 is 1.75 bits per heavy atom. The van der Waals surface area contributed by atoms with Gasteiger partial charge in [-0.2, -0.15) is 0 Å². The lowest BCUT2D eigenvalue weighted by atomic mass is 10.6. The summed E-state index contributed by atoms with van der Waals surface area (Å²) in [5.41, 5.74) is 0. The second-order valence-corrected chi connectivity index (χ2v) is 7.32. The van der Waals surface area contributed by atoms with Gasteiger partial charge in [0, 0.05) is 0 Å². The fourth-order valence-electron chi connectivity index (χ4n) is 0.344. The monoisotopic (exact) mass is 130 g/mol. The Labute approximate surface area is 52.6 Å². The Morgan fingerprint density at radius 2 is 1.62 bits per heavy atom.